The lowest BCUT2D eigenvalue weighted by Gasteiger charge is -2.23. The number of aromatic carboxylic acids is 1. The SMILES string of the molecule is O=C(O)c1ccc(C[NH+](C[P+]([O-])(O)O)c2c(O)c(=O)c2=O)cc1. The molecule has 0 saturated heterocycles. The number of carboxylic acids is 1. The molecule has 122 valence electrons. The largest absolute Gasteiger partial charge is 0.627 e. The van der Waals surface area contributed by atoms with Crippen molar-refractivity contribution in [3.8, 4) is 5.75 Å². The highest BCUT2D eigenvalue weighted by molar-refractivity contribution is 7.56. The van der Waals surface area contributed by atoms with Gasteiger partial charge in [-0.3, -0.25) is 14.5 Å². The molecule has 0 aliphatic heterocycles. The molecule has 0 aliphatic carbocycles. The molecule has 1 unspecified atom stereocenters. The van der Waals surface area contributed by atoms with Crippen LogP contribution in [-0.2, 0) is 6.54 Å². The first-order valence-electron chi connectivity index (χ1n) is 6.34. The van der Waals surface area contributed by atoms with Crippen LogP contribution in [0.5, 0.6) is 5.75 Å². The minimum atomic E-state index is -4.53. The molecule has 0 radical (unpaired) electrons. The number of nitrogens with one attached hydrogen (secondary N) is 1. The van der Waals surface area contributed by atoms with Crippen LogP contribution < -0.4 is 20.7 Å². The van der Waals surface area contributed by atoms with Gasteiger partial charge in [-0.05, 0) is 12.1 Å². The first-order chi connectivity index (χ1) is 10.6. The molecule has 2 aromatic carbocycles. The fourth-order valence-corrected chi connectivity index (χ4v) is 2.96. The Bertz CT molecular complexity index is 801. The van der Waals surface area contributed by atoms with Gasteiger partial charge in [0.1, 0.15) is 6.54 Å². The maximum atomic E-state index is 11.5. The van der Waals surface area contributed by atoms with E-state index in [4.69, 9.17) is 14.9 Å². The van der Waals surface area contributed by atoms with Gasteiger partial charge in [-0.1, -0.05) is 12.1 Å². The normalized spacial score (nSPS) is 13.2. The fourth-order valence-electron chi connectivity index (χ4n) is 2.19. The zero-order chi connectivity index (χ0) is 17.4. The van der Waals surface area contributed by atoms with Crippen LogP contribution >= 0.6 is 7.94 Å². The predicted molar refractivity (Wildman–Crippen MR) is 77.0 cm³/mol. The number of hydrogen-bond acceptors (Lipinski definition) is 7. The molecular weight excluding hydrogens is 329 g/mol. The minimum Gasteiger partial charge on any atom is -0.627 e. The standard InChI is InChI=1S/C13H12NO8P/c15-10-9(11(16)12(10)17)14(6-23(20,21)22)5-7-1-3-8(4-2-7)13(18)19/h1-4,15H,5-6H2,(H,18,19)(H2,20,21,22)/p+1. The second kappa shape index (κ2) is 6.15. The van der Waals surface area contributed by atoms with Crippen molar-refractivity contribution in [1.82, 2.24) is 0 Å². The van der Waals surface area contributed by atoms with Crippen LogP contribution in [0.1, 0.15) is 15.9 Å². The van der Waals surface area contributed by atoms with Gasteiger partial charge in [0.2, 0.25) is 17.7 Å². The number of hydrogen-bond donors (Lipinski definition) is 5. The summed E-state index contributed by atoms with van der Waals surface area (Å²) in [5.74, 6) is -1.93. The Labute approximate surface area is 129 Å². The lowest BCUT2D eigenvalue weighted by Crippen LogP contribution is -3.08. The van der Waals surface area contributed by atoms with Gasteiger partial charge in [-0.25, -0.2) is 14.6 Å². The quantitative estimate of drug-likeness (QED) is 0.284. The van der Waals surface area contributed by atoms with Gasteiger partial charge < -0.3 is 15.1 Å². The lowest BCUT2D eigenvalue weighted by molar-refractivity contribution is -0.838. The summed E-state index contributed by atoms with van der Waals surface area (Å²) in [6.45, 7) is -0.108. The second-order valence-corrected chi connectivity index (χ2v) is 6.63. The minimum absolute atomic E-state index is 0.0299. The highest BCUT2D eigenvalue weighted by atomic mass is 31.2. The van der Waals surface area contributed by atoms with Crippen LogP contribution in [0.2, 0.25) is 0 Å². The summed E-state index contributed by atoms with van der Waals surface area (Å²) in [5.41, 5.74) is -1.95. The number of carbonyl (C=O) groups is 1. The molecule has 1 atom stereocenters. The van der Waals surface area contributed by atoms with Gasteiger partial charge >= 0.3 is 5.97 Å². The van der Waals surface area contributed by atoms with Gasteiger partial charge in [0.15, 0.2) is 0 Å². The Morgan fingerprint density at radius 2 is 1.70 bits per heavy atom. The Kier molecular flexibility index (Phi) is 4.60. The number of aromatic hydroxyl groups is 1. The number of quaternary nitrogens is 1. The van der Waals surface area contributed by atoms with Gasteiger partial charge in [-0.15, -0.1) is 0 Å². The highest BCUT2D eigenvalue weighted by Crippen LogP contribution is 2.36. The molecular formula is C13H13NO8P+. The van der Waals surface area contributed by atoms with E-state index in [1.807, 2.05) is 0 Å². The monoisotopic (exact) mass is 342 g/mol. The molecule has 0 aliphatic rings. The first-order valence-corrected chi connectivity index (χ1v) is 8.14. The van der Waals surface area contributed by atoms with Gasteiger partial charge in [0, 0.05) is 5.56 Å². The van der Waals surface area contributed by atoms with Crippen LogP contribution in [0.25, 0.3) is 0 Å². The number of rotatable bonds is 6. The average Bonchev–Trinajstić information content (AvgIpc) is 2.45. The van der Waals surface area contributed by atoms with E-state index >= 15 is 0 Å². The summed E-state index contributed by atoms with van der Waals surface area (Å²) >= 11 is 0. The third-order valence-corrected chi connectivity index (χ3v) is 4.05. The smallest absolute Gasteiger partial charge is 0.335 e. The summed E-state index contributed by atoms with van der Waals surface area (Å²) in [4.78, 5) is 62.7. The zero-order valence-corrected chi connectivity index (χ0v) is 12.5. The van der Waals surface area contributed by atoms with Crippen LogP contribution in [0, 0.1) is 0 Å². The molecule has 0 spiro atoms. The Morgan fingerprint density at radius 3 is 2.13 bits per heavy atom. The van der Waals surface area contributed by atoms with E-state index in [-0.39, 0.29) is 22.7 Å². The van der Waals surface area contributed by atoms with Crippen molar-refractivity contribution in [3.05, 3.63) is 55.8 Å². The van der Waals surface area contributed by atoms with Gasteiger partial charge in [-0.2, -0.15) is 0 Å². The third-order valence-electron chi connectivity index (χ3n) is 3.25. The van der Waals surface area contributed by atoms with E-state index < -0.39 is 36.8 Å². The lowest BCUT2D eigenvalue weighted by atomic mass is 10.1. The predicted octanol–water partition coefficient (Wildman–Crippen LogP) is -2.53. The Morgan fingerprint density at radius 1 is 1.13 bits per heavy atom. The molecule has 0 heterocycles. The number of benzene rings is 1. The van der Waals surface area contributed by atoms with Gasteiger partial charge in [0.05, 0.1) is 5.56 Å². The first kappa shape index (κ1) is 17.2. The van der Waals surface area contributed by atoms with Crippen molar-refractivity contribution in [3.63, 3.8) is 0 Å². The number of carboxylic acid groups (broad SMARTS) is 1. The molecule has 2 rings (SSSR count). The topological polar surface area (TPSA) is 160 Å². The van der Waals surface area contributed by atoms with E-state index in [0.29, 0.717) is 5.56 Å². The van der Waals surface area contributed by atoms with E-state index in [1.54, 1.807) is 0 Å². The van der Waals surface area contributed by atoms with Crippen molar-refractivity contribution >= 4 is 19.6 Å². The van der Waals surface area contributed by atoms with Crippen LogP contribution in [0.3, 0.4) is 0 Å². The van der Waals surface area contributed by atoms with Crippen molar-refractivity contribution < 1.29 is 34.6 Å². The van der Waals surface area contributed by atoms with Crippen LogP contribution in [0.15, 0.2) is 33.9 Å². The van der Waals surface area contributed by atoms with Crippen LogP contribution in [0.4, 0.5) is 5.69 Å². The van der Waals surface area contributed by atoms with E-state index in [2.05, 4.69) is 0 Å². The summed E-state index contributed by atoms with van der Waals surface area (Å²) in [5, 5.41) is 18.3. The molecule has 0 amide bonds. The Balaban J connectivity index is 2.30. The summed E-state index contributed by atoms with van der Waals surface area (Å²) in [6, 6.07) is 5.45. The maximum Gasteiger partial charge on any atom is 0.335 e. The highest BCUT2D eigenvalue weighted by Gasteiger charge is 2.37. The van der Waals surface area contributed by atoms with E-state index in [9.17, 15) is 24.4 Å². The van der Waals surface area contributed by atoms with Crippen molar-refractivity contribution in [1.29, 1.82) is 0 Å². The summed E-state index contributed by atoms with van der Waals surface area (Å²) in [6.07, 6.45) is -0.786. The van der Waals surface area contributed by atoms with Crippen molar-refractivity contribution in [2.45, 2.75) is 6.54 Å². The molecule has 0 bridgehead atoms. The van der Waals surface area contributed by atoms with Gasteiger partial charge in [0.25, 0.3) is 18.8 Å². The molecule has 9 nitrogen and oxygen atoms in total. The molecule has 23 heavy (non-hydrogen) atoms. The van der Waals surface area contributed by atoms with Crippen molar-refractivity contribution in [2.24, 2.45) is 0 Å². The molecule has 5 N–H and O–H groups in total. The molecule has 0 fully saturated rings. The third kappa shape index (κ3) is 3.79. The van der Waals surface area contributed by atoms with E-state index in [0.717, 1.165) is 0 Å². The molecule has 10 heteroatoms. The zero-order valence-electron chi connectivity index (χ0n) is 11.6. The second-order valence-electron chi connectivity index (χ2n) is 4.99. The van der Waals surface area contributed by atoms with Crippen LogP contribution in [-0.4, -0.2) is 32.3 Å². The van der Waals surface area contributed by atoms with Crippen molar-refractivity contribution in [2.75, 3.05) is 6.29 Å². The summed E-state index contributed by atoms with van der Waals surface area (Å²) < 4.78 is 0. The molecule has 0 aromatic heterocycles. The molecule has 2 aromatic rings. The maximum absolute atomic E-state index is 11.5. The van der Waals surface area contributed by atoms with E-state index in [1.165, 1.54) is 24.3 Å². The Hall–Kier alpha value is -2.16. The summed E-state index contributed by atoms with van der Waals surface area (Å²) in [7, 11) is -4.53. The average molecular weight is 342 g/mol. The fraction of sp³-hybridized carbons (Fsp3) is 0.154. The molecule has 0 saturated carbocycles.